The number of ketones is 1. The second-order valence-electron chi connectivity index (χ2n) is 3.61. The molecule has 0 aliphatic carbocycles. The second kappa shape index (κ2) is 5.42. The number of carbonyl (C=O) groups excluding carboxylic acids is 1. The third-order valence-corrected chi connectivity index (χ3v) is 3.23. The van der Waals surface area contributed by atoms with Crippen molar-refractivity contribution in [2.24, 2.45) is 0 Å². The normalized spacial score (nSPS) is 10.4. The summed E-state index contributed by atoms with van der Waals surface area (Å²) in [7, 11) is 1.57. The van der Waals surface area contributed by atoms with Gasteiger partial charge in [-0.15, -0.1) is 0 Å². The maximum atomic E-state index is 12.0. The van der Waals surface area contributed by atoms with Crippen LogP contribution in [0.2, 0.25) is 10.3 Å². The smallest absolute Gasteiger partial charge is 0.182 e. The molecular formula is C12H10Cl2N2O2. The first-order chi connectivity index (χ1) is 8.61. The summed E-state index contributed by atoms with van der Waals surface area (Å²) in [6.45, 7) is 0.102. The molecule has 1 aromatic heterocycles. The van der Waals surface area contributed by atoms with Crippen LogP contribution in [-0.4, -0.2) is 22.4 Å². The Hall–Kier alpha value is -1.52. The Labute approximate surface area is 114 Å². The highest BCUT2D eigenvalue weighted by Gasteiger charge is 2.11. The fraction of sp³-hybridized carbons (Fsp3) is 0.167. The van der Waals surface area contributed by atoms with Crippen LogP contribution >= 0.6 is 23.2 Å². The van der Waals surface area contributed by atoms with E-state index in [4.69, 9.17) is 27.9 Å². The van der Waals surface area contributed by atoms with Gasteiger partial charge in [0.2, 0.25) is 0 Å². The topological polar surface area (TPSA) is 44.1 Å². The second-order valence-corrected chi connectivity index (χ2v) is 4.32. The maximum absolute atomic E-state index is 12.0. The molecule has 18 heavy (non-hydrogen) atoms. The lowest BCUT2D eigenvalue weighted by atomic mass is 10.1. The maximum Gasteiger partial charge on any atom is 0.182 e. The van der Waals surface area contributed by atoms with Gasteiger partial charge in [0.05, 0.1) is 20.0 Å². The quantitative estimate of drug-likeness (QED) is 0.811. The van der Waals surface area contributed by atoms with Crippen molar-refractivity contribution in [2.75, 3.05) is 7.11 Å². The standard InChI is InChI=1S/C12H10Cl2N2O2/c1-18-9-4-2-8(3-5-9)10(17)6-16-7-15-11(13)12(16)14/h2-5,7H,6H2,1H3. The van der Waals surface area contributed by atoms with Crippen molar-refractivity contribution in [1.82, 2.24) is 9.55 Å². The summed E-state index contributed by atoms with van der Waals surface area (Å²) >= 11 is 11.6. The molecule has 0 spiro atoms. The highest BCUT2D eigenvalue weighted by molar-refractivity contribution is 6.40. The van der Waals surface area contributed by atoms with E-state index in [0.717, 1.165) is 0 Å². The Morgan fingerprint density at radius 1 is 1.33 bits per heavy atom. The molecule has 0 aliphatic rings. The van der Waals surface area contributed by atoms with Crippen molar-refractivity contribution in [3.63, 3.8) is 0 Å². The molecule has 0 aliphatic heterocycles. The van der Waals surface area contributed by atoms with Crippen molar-refractivity contribution < 1.29 is 9.53 Å². The summed E-state index contributed by atoms with van der Waals surface area (Å²) in [6, 6.07) is 6.87. The Bertz CT molecular complexity index is 564. The van der Waals surface area contributed by atoms with Crippen LogP contribution in [0.15, 0.2) is 30.6 Å². The molecule has 4 nitrogen and oxygen atoms in total. The van der Waals surface area contributed by atoms with Crippen LogP contribution in [0.3, 0.4) is 0 Å². The monoisotopic (exact) mass is 284 g/mol. The van der Waals surface area contributed by atoms with Gasteiger partial charge in [-0.25, -0.2) is 4.98 Å². The van der Waals surface area contributed by atoms with E-state index in [-0.39, 0.29) is 22.6 Å². The molecule has 6 heteroatoms. The fourth-order valence-corrected chi connectivity index (χ4v) is 1.78. The number of Topliss-reactive ketones (excluding diaryl/α,β-unsaturated/α-hetero) is 1. The Kier molecular flexibility index (Phi) is 3.89. The Morgan fingerprint density at radius 2 is 2.00 bits per heavy atom. The van der Waals surface area contributed by atoms with Crippen LogP contribution in [0, 0.1) is 0 Å². The molecule has 1 aromatic carbocycles. The van der Waals surface area contributed by atoms with Gasteiger partial charge in [0, 0.05) is 5.56 Å². The van der Waals surface area contributed by atoms with Crippen LogP contribution in [0.5, 0.6) is 5.75 Å². The van der Waals surface area contributed by atoms with Crippen LogP contribution in [0.25, 0.3) is 0 Å². The van der Waals surface area contributed by atoms with Crippen LogP contribution in [0.1, 0.15) is 10.4 Å². The van der Waals surface area contributed by atoms with E-state index < -0.39 is 0 Å². The van der Waals surface area contributed by atoms with E-state index in [1.807, 2.05) is 0 Å². The number of halogens is 2. The Balaban J connectivity index is 2.14. The third kappa shape index (κ3) is 2.66. The molecule has 0 fully saturated rings. The molecule has 2 rings (SSSR count). The number of hydrogen-bond donors (Lipinski definition) is 0. The zero-order valence-corrected chi connectivity index (χ0v) is 11.1. The molecule has 94 valence electrons. The van der Waals surface area contributed by atoms with Crippen molar-refractivity contribution in [3.8, 4) is 5.75 Å². The molecule has 0 unspecified atom stereocenters. The lowest BCUT2D eigenvalue weighted by molar-refractivity contribution is 0.0972. The largest absolute Gasteiger partial charge is 0.497 e. The summed E-state index contributed by atoms with van der Waals surface area (Å²) < 4.78 is 6.52. The molecule has 0 amide bonds. The van der Waals surface area contributed by atoms with Gasteiger partial charge in [-0.3, -0.25) is 4.79 Å². The van der Waals surface area contributed by atoms with E-state index in [1.165, 1.54) is 10.9 Å². The van der Waals surface area contributed by atoms with Crippen LogP contribution in [0.4, 0.5) is 0 Å². The SMILES string of the molecule is COc1ccc(C(=O)Cn2cnc(Cl)c2Cl)cc1. The molecule has 1 heterocycles. The summed E-state index contributed by atoms with van der Waals surface area (Å²) in [5.74, 6) is 0.629. The van der Waals surface area contributed by atoms with Gasteiger partial charge in [-0.1, -0.05) is 23.2 Å². The molecule has 2 aromatic rings. The molecule has 0 bridgehead atoms. The lowest BCUT2D eigenvalue weighted by Gasteiger charge is -2.04. The van der Waals surface area contributed by atoms with Gasteiger partial charge in [0.15, 0.2) is 10.9 Å². The summed E-state index contributed by atoms with van der Waals surface area (Å²) in [5.41, 5.74) is 0.580. The number of hydrogen-bond acceptors (Lipinski definition) is 3. The van der Waals surface area contributed by atoms with Crippen molar-refractivity contribution in [1.29, 1.82) is 0 Å². The first-order valence-corrected chi connectivity index (χ1v) is 5.91. The molecule has 0 N–H and O–H groups in total. The minimum Gasteiger partial charge on any atom is -0.497 e. The number of methoxy groups -OCH3 is 1. The first-order valence-electron chi connectivity index (χ1n) is 5.15. The predicted molar refractivity (Wildman–Crippen MR) is 69.6 cm³/mol. The van der Waals surface area contributed by atoms with Gasteiger partial charge >= 0.3 is 0 Å². The van der Waals surface area contributed by atoms with Crippen molar-refractivity contribution >= 4 is 29.0 Å². The lowest BCUT2D eigenvalue weighted by Crippen LogP contribution is -2.09. The van der Waals surface area contributed by atoms with E-state index in [0.29, 0.717) is 11.3 Å². The molecule has 0 radical (unpaired) electrons. The Morgan fingerprint density at radius 3 is 2.50 bits per heavy atom. The predicted octanol–water partition coefficient (Wildman–Crippen LogP) is 3.08. The van der Waals surface area contributed by atoms with Crippen molar-refractivity contribution in [3.05, 3.63) is 46.5 Å². The molecule has 0 saturated carbocycles. The van der Waals surface area contributed by atoms with E-state index in [2.05, 4.69) is 4.98 Å². The number of ether oxygens (including phenoxy) is 1. The van der Waals surface area contributed by atoms with Gasteiger partial charge < -0.3 is 9.30 Å². The van der Waals surface area contributed by atoms with E-state index >= 15 is 0 Å². The van der Waals surface area contributed by atoms with Crippen molar-refractivity contribution in [2.45, 2.75) is 6.54 Å². The molecule has 0 saturated heterocycles. The van der Waals surface area contributed by atoms with Gasteiger partial charge in [-0.2, -0.15) is 0 Å². The zero-order valence-electron chi connectivity index (χ0n) is 9.56. The number of aromatic nitrogens is 2. The molecule has 0 atom stereocenters. The average molecular weight is 285 g/mol. The minimum atomic E-state index is -0.0754. The fourth-order valence-electron chi connectivity index (χ4n) is 1.48. The van der Waals surface area contributed by atoms with Crippen LogP contribution in [-0.2, 0) is 6.54 Å². The average Bonchev–Trinajstić information content (AvgIpc) is 2.71. The van der Waals surface area contributed by atoms with E-state index in [1.54, 1.807) is 31.4 Å². The third-order valence-electron chi connectivity index (χ3n) is 2.46. The summed E-state index contributed by atoms with van der Waals surface area (Å²) in [5, 5.41) is 0.456. The zero-order chi connectivity index (χ0) is 13.1. The number of nitrogens with zero attached hydrogens (tertiary/aromatic N) is 2. The summed E-state index contributed by atoms with van der Waals surface area (Å²) in [6.07, 6.45) is 1.44. The van der Waals surface area contributed by atoms with Crippen LogP contribution < -0.4 is 4.74 Å². The highest BCUT2D eigenvalue weighted by atomic mass is 35.5. The van der Waals surface area contributed by atoms with Gasteiger partial charge in [0.1, 0.15) is 10.9 Å². The minimum absolute atomic E-state index is 0.0754. The van der Waals surface area contributed by atoms with Gasteiger partial charge in [0.25, 0.3) is 0 Å². The number of carbonyl (C=O) groups is 1. The molecular weight excluding hydrogens is 275 g/mol. The number of rotatable bonds is 4. The van der Waals surface area contributed by atoms with E-state index in [9.17, 15) is 4.79 Å². The number of benzene rings is 1. The summed E-state index contributed by atoms with van der Waals surface area (Å²) in [4.78, 5) is 15.8. The first kappa shape index (κ1) is 12.9. The van der Waals surface area contributed by atoms with Gasteiger partial charge in [-0.05, 0) is 24.3 Å². The number of imidazole rings is 1. The highest BCUT2D eigenvalue weighted by Crippen LogP contribution is 2.20.